The number of carbonyl (C=O) groups excluding carboxylic acids is 1. The fourth-order valence-corrected chi connectivity index (χ4v) is 1.56. The third kappa shape index (κ3) is 5.29. The van der Waals surface area contributed by atoms with E-state index in [1.807, 2.05) is 0 Å². The predicted molar refractivity (Wildman–Crippen MR) is 75.2 cm³/mol. The van der Waals surface area contributed by atoms with E-state index < -0.39 is 30.2 Å². The minimum Gasteiger partial charge on any atom is -0.444 e. The number of aliphatic hydroxyl groups is 1. The Hall–Kier alpha value is -2.31. The monoisotopic (exact) mass is 296 g/mol. The number of rotatable bonds is 4. The van der Waals surface area contributed by atoms with Crippen LogP contribution in [-0.4, -0.2) is 23.4 Å². The maximum absolute atomic E-state index is 13.9. The highest BCUT2D eigenvalue weighted by atomic mass is 19.1. The highest BCUT2D eigenvalue weighted by molar-refractivity contribution is 5.84. The standard InChI is InChI=1S/C13H17FN4O3/c1-13(2,3)21-12(20)16-8-4-5-9(10(14)6-8)11(7-19)17-18-15/h4-6,11,19H,7H2,1-3H3,(H,16,20). The van der Waals surface area contributed by atoms with E-state index in [0.29, 0.717) is 0 Å². The van der Waals surface area contributed by atoms with Gasteiger partial charge in [0.15, 0.2) is 0 Å². The first-order valence-electron chi connectivity index (χ1n) is 6.21. The number of hydrogen-bond donors (Lipinski definition) is 2. The number of nitrogens with zero attached hydrogens (tertiary/aromatic N) is 3. The zero-order valence-electron chi connectivity index (χ0n) is 12.0. The van der Waals surface area contributed by atoms with Gasteiger partial charge in [0.1, 0.15) is 11.4 Å². The smallest absolute Gasteiger partial charge is 0.412 e. The molecule has 0 aromatic heterocycles. The lowest BCUT2D eigenvalue weighted by Gasteiger charge is -2.20. The molecule has 1 aromatic rings. The van der Waals surface area contributed by atoms with Crippen LogP contribution < -0.4 is 5.32 Å². The average Bonchev–Trinajstić information content (AvgIpc) is 2.34. The lowest BCUT2D eigenvalue weighted by molar-refractivity contribution is 0.0636. The number of hydrogen-bond acceptors (Lipinski definition) is 4. The Kier molecular flexibility index (Phi) is 5.52. The van der Waals surface area contributed by atoms with Crippen molar-refractivity contribution in [3.05, 3.63) is 40.0 Å². The quantitative estimate of drug-likeness (QED) is 0.504. The van der Waals surface area contributed by atoms with Crippen molar-refractivity contribution in [1.29, 1.82) is 0 Å². The van der Waals surface area contributed by atoms with Crippen molar-refractivity contribution in [1.82, 2.24) is 0 Å². The Bertz CT molecular complexity index is 565. The molecule has 2 N–H and O–H groups in total. The molecule has 1 atom stereocenters. The van der Waals surface area contributed by atoms with Crippen LogP contribution in [0.25, 0.3) is 10.4 Å². The van der Waals surface area contributed by atoms with E-state index in [4.69, 9.17) is 15.4 Å². The van der Waals surface area contributed by atoms with Crippen LogP contribution >= 0.6 is 0 Å². The summed E-state index contributed by atoms with van der Waals surface area (Å²) in [5, 5.41) is 14.7. The Morgan fingerprint density at radius 2 is 2.24 bits per heavy atom. The van der Waals surface area contributed by atoms with Crippen molar-refractivity contribution >= 4 is 11.8 Å². The topological polar surface area (TPSA) is 107 Å². The van der Waals surface area contributed by atoms with Crippen LogP contribution in [0.4, 0.5) is 14.9 Å². The number of halogens is 1. The zero-order chi connectivity index (χ0) is 16.0. The predicted octanol–water partition coefficient (Wildman–Crippen LogP) is 3.52. The Morgan fingerprint density at radius 1 is 1.57 bits per heavy atom. The van der Waals surface area contributed by atoms with E-state index in [9.17, 15) is 9.18 Å². The van der Waals surface area contributed by atoms with E-state index >= 15 is 0 Å². The van der Waals surface area contributed by atoms with Crippen LogP contribution in [0.2, 0.25) is 0 Å². The van der Waals surface area contributed by atoms with Crippen LogP contribution in [0.15, 0.2) is 23.3 Å². The van der Waals surface area contributed by atoms with E-state index in [1.165, 1.54) is 12.1 Å². The highest BCUT2D eigenvalue weighted by Crippen LogP contribution is 2.23. The van der Waals surface area contributed by atoms with Crippen LogP contribution in [0.1, 0.15) is 32.4 Å². The molecule has 1 aromatic carbocycles. The van der Waals surface area contributed by atoms with Gasteiger partial charge in [0.2, 0.25) is 0 Å². The summed E-state index contributed by atoms with van der Waals surface area (Å²) in [7, 11) is 0. The maximum atomic E-state index is 13.9. The number of ether oxygens (including phenoxy) is 1. The molecule has 0 saturated heterocycles. The Morgan fingerprint density at radius 3 is 2.71 bits per heavy atom. The van der Waals surface area contributed by atoms with Gasteiger partial charge in [0.05, 0.1) is 12.6 Å². The number of anilines is 1. The number of carbonyl (C=O) groups is 1. The van der Waals surface area contributed by atoms with Gasteiger partial charge >= 0.3 is 6.09 Å². The van der Waals surface area contributed by atoms with Crippen molar-refractivity contribution in [3.63, 3.8) is 0 Å². The third-order valence-electron chi connectivity index (χ3n) is 2.37. The molecular formula is C13H17FN4O3. The summed E-state index contributed by atoms with van der Waals surface area (Å²) in [6.07, 6.45) is -0.705. The van der Waals surface area contributed by atoms with Gasteiger partial charge in [-0.25, -0.2) is 9.18 Å². The maximum Gasteiger partial charge on any atom is 0.412 e. The summed E-state index contributed by atoms with van der Waals surface area (Å²) in [5.41, 5.74) is 7.94. The fraction of sp³-hybridized carbons (Fsp3) is 0.462. The summed E-state index contributed by atoms with van der Waals surface area (Å²) < 4.78 is 19.0. The number of nitrogens with one attached hydrogen (secondary N) is 1. The minimum absolute atomic E-state index is 0.0463. The highest BCUT2D eigenvalue weighted by Gasteiger charge is 2.18. The van der Waals surface area contributed by atoms with Crippen LogP contribution in [-0.2, 0) is 4.74 Å². The lowest BCUT2D eigenvalue weighted by Crippen LogP contribution is -2.27. The first-order valence-corrected chi connectivity index (χ1v) is 6.21. The molecule has 21 heavy (non-hydrogen) atoms. The molecule has 0 aliphatic heterocycles. The van der Waals surface area contributed by atoms with Crippen molar-refractivity contribution < 1.29 is 19.0 Å². The molecule has 0 spiro atoms. The van der Waals surface area contributed by atoms with Crippen molar-refractivity contribution in [3.8, 4) is 0 Å². The second-order valence-electron chi connectivity index (χ2n) is 5.27. The molecule has 1 rings (SSSR count). The van der Waals surface area contributed by atoms with E-state index in [2.05, 4.69) is 15.3 Å². The van der Waals surface area contributed by atoms with Gasteiger partial charge in [0.25, 0.3) is 0 Å². The summed E-state index contributed by atoms with van der Waals surface area (Å²) in [4.78, 5) is 14.1. The molecule has 0 bridgehead atoms. The van der Waals surface area contributed by atoms with Gasteiger partial charge in [-0.15, -0.1) is 0 Å². The molecule has 8 heteroatoms. The van der Waals surface area contributed by atoms with Gasteiger partial charge in [-0.1, -0.05) is 11.2 Å². The summed E-state index contributed by atoms with van der Waals surface area (Å²) in [6.45, 7) is 4.62. The van der Waals surface area contributed by atoms with Crippen LogP contribution in [0.5, 0.6) is 0 Å². The fourth-order valence-electron chi connectivity index (χ4n) is 1.56. The largest absolute Gasteiger partial charge is 0.444 e. The molecular weight excluding hydrogens is 279 g/mol. The summed E-state index contributed by atoms with van der Waals surface area (Å²) in [5.74, 6) is -0.699. The zero-order valence-corrected chi connectivity index (χ0v) is 12.0. The number of azide groups is 1. The first kappa shape index (κ1) is 16.7. The van der Waals surface area contributed by atoms with Crippen LogP contribution in [0, 0.1) is 5.82 Å². The molecule has 0 saturated carbocycles. The molecule has 0 heterocycles. The summed E-state index contributed by atoms with van der Waals surface area (Å²) in [6, 6.07) is 2.81. The van der Waals surface area contributed by atoms with E-state index in [0.717, 1.165) is 6.07 Å². The average molecular weight is 296 g/mol. The molecule has 1 unspecified atom stereocenters. The Labute approximate surface area is 121 Å². The number of amides is 1. The molecule has 114 valence electrons. The SMILES string of the molecule is CC(C)(C)OC(=O)Nc1ccc(C(CO)N=[N+]=[N-])c(F)c1. The normalized spacial score (nSPS) is 12.2. The number of benzene rings is 1. The second kappa shape index (κ2) is 6.92. The van der Waals surface area contributed by atoms with Gasteiger partial charge in [-0.05, 0) is 44.0 Å². The molecule has 7 nitrogen and oxygen atoms in total. The van der Waals surface area contributed by atoms with E-state index in [-0.39, 0.29) is 11.3 Å². The molecule has 0 aliphatic carbocycles. The second-order valence-corrected chi connectivity index (χ2v) is 5.27. The first-order chi connectivity index (χ1) is 9.76. The van der Waals surface area contributed by atoms with Crippen LogP contribution in [0.3, 0.4) is 0 Å². The number of aliphatic hydroxyl groups excluding tert-OH is 1. The third-order valence-corrected chi connectivity index (χ3v) is 2.37. The van der Waals surface area contributed by atoms with Crippen molar-refractivity contribution in [2.24, 2.45) is 5.11 Å². The molecule has 0 aliphatic rings. The lowest BCUT2D eigenvalue weighted by atomic mass is 10.1. The molecule has 0 radical (unpaired) electrons. The van der Waals surface area contributed by atoms with E-state index in [1.54, 1.807) is 20.8 Å². The minimum atomic E-state index is -1.01. The Balaban J connectivity index is 2.87. The van der Waals surface area contributed by atoms with Gasteiger partial charge < -0.3 is 9.84 Å². The van der Waals surface area contributed by atoms with Crippen molar-refractivity contribution in [2.75, 3.05) is 11.9 Å². The van der Waals surface area contributed by atoms with Gasteiger partial charge in [0, 0.05) is 10.6 Å². The van der Waals surface area contributed by atoms with Crippen molar-refractivity contribution in [2.45, 2.75) is 32.4 Å². The molecule has 1 amide bonds. The summed E-state index contributed by atoms with van der Waals surface area (Å²) >= 11 is 0. The molecule has 0 fully saturated rings. The van der Waals surface area contributed by atoms with Gasteiger partial charge in [-0.2, -0.15) is 0 Å². The van der Waals surface area contributed by atoms with Gasteiger partial charge in [-0.3, -0.25) is 5.32 Å².